The van der Waals surface area contributed by atoms with Crippen molar-refractivity contribution >= 4 is 0 Å². The number of ether oxygens (including phenoxy) is 1. The van der Waals surface area contributed by atoms with Crippen molar-refractivity contribution < 1.29 is 4.74 Å². The summed E-state index contributed by atoms with van der Waals surface area (Å²) in [6.07, 6.45) is 2.48. The van der Waals surface area contributed by atoms with Crippen LogP contribution in [-0.4, -0.2) is 38.3 Å². The van der Waals surface area contributed by atoms with Crippen molar-refractivity contribution in [3.63, 3.8) is 0 Å². The Kier molecular flexibility index (Phi) is 5.80. The van der Waals surface area contributed by atoms with Crippen LogP contribution in [0.2, 0.25) is 0 Å². The fourth-order valence-electron chi connectivity index (χ4n) is 3.67. The van der Waals surface area contributed by atoms with Gasteiger partial charge in [0.2, 0.25) is 0 Å². The number of hydrogen-bond acceptors (Lipinski definition) is 3. The SMILES string of the molecule is Cc1cc(C)c(C(N)CN(C)CC2CCCOC2)c(C)c1. The molecule has 1 aliphatic rings. The quantitative estimate of drug-likeness (QED) is 0.906. The third-order valence-corrected chi connectivity index (χ3v) is 4.44. The van der Waals surface area contributed by atoms with Crippen LogP contribution in [0.25, 0.3) is 0 Å². The molecule has 1 fully saturated rings. The lowest BCUT2D eigenvalue weighted by Crippen LogP contribution is -2.36. The summed E-state index contributed by atoms with van der Waals surface area (Å²) in [4.78, 5) is 2.36. The zero-order chi connectivity index (χ0) is 15.4. The van der Waals surface area contributed by atoms with Crippen LogP contribution in [0.1, 0.15) is 41.1 Å². The lowest BCUT2D eigenvalue weighted by Gasteiger charge is -2.29. The first-order chi connectivity index (χ1) is 9.97. The van der Waals surface area contributed by atoms with Gasteiger partial charge in [0, 0.05) is 25.7 Å². The highest BCUT2D eigenvalue weighted by molar-refractivity contribution is 5.39. The highest BCUT2D eigenvalue weighted by Crippen LogP contribution is 2.23. The molecule has 0 amide bonds. The van der Waals surface area contributed by atoms with E-state index in [9.17, 15) is 0 Å². The summed E-state index contributed by atoms with van der Waals surface area (Å²) in [5.74, 6) is 0.663. The van der Waals surface area contributed by atoms with Gasteiger partial charge in [-0.1, -0.05) is 17.7 Å². The Hall–Kier alpha value is -0.900. The van der Waals surface area contributed by atoms with E-state index in [2.05, 4.69) is 44.9 Å². The molecule has 1 aromatic carbocycles. The summed E-state index contributed by atoms with van der Waals surface area (Å²) in [5, 5.41) is 0. The number of likely N-dealkylation sites (N-methyl/N-ethyl adjacent to an activating group) is 1. The van der Waals surface area contributed by atoms with Gasteiger partial charge in [0.15, 0.2) is 0 Å². The molecule has 0 bridgehead atoms. The molecule has 0 spiro atoms. The molecule has 0 aromatic heterocycles. The van der Waals surface area contributed by atoms with Crippen molar-refractivity contribution in [2.24, 2.45) is 11.7 Å². The first-order valence-corrected chi connectivity index (χ1v) is 8.07. The maximum absolute atomic E-state index is 6.48. The van der Waals surface area contributed by atoms with Gasteiger partial charge < -0.3 is 15.4 Å². The molecule has 1 heterocycles. The Morgan fingerprint density at radius 3 is 2.52 bits per heavy atom. The first kappa shape index (κ1) is 16.5. The van der Waals surface area contributed by atoms with Crippen LogP contribution in [0.4, 0.5) is 0 Å². The third kappa shape index (κ3) is 4.53. The molecule has 0 aliphatic carbocycles. The van der Waals surface area contributed by atoms with Crippen molar-refractivity contribution in [3.8, 4) is 0 Å². The third-order valence-electron chi connectivity index (χ3n) is 4.44. The lowest BCUT2D eigenvalue weighted by molar-refractivity contribution is 0.0414. The van der Waals surface area contributed by atoms with Crippen LogP contribution in [0, 0.1) is 26.7 Å². The second-order valence-electron chi connectivity index (χ2n) is 6.72. The van der Waals surface area contributed by atoms with E-state index in [4.69, 9.17) is 10.5 Å². The zero-order valence-electron chi connectivity index (χ0n) is 14.0. The van der Waals surface area contributed by atoms with Crippen LogP contribution in [0.15, 0.2) is 12.1 Å². The van der Waals surface area contributed by atoms with E-state index in [0.29, 0.717) is 5.92 Å². The number of hydrogen-bond donors (Lipinski definition) is 1. The molecular weight excluding hydrogens is 260 g/mol. The maximum Gasteiger partial charge on any atom is 0.0506 e. The summed E-state index contributed by atoms with van der Waals surface area (Å²) in [6, 6.07) is 4.55. The Morgan fingerprint density at radius 2 is 1.95 bits per heavy atom. The van der Waals surface area contributed by atoms with Crippen LogP contribution >= 0.6 is 0 Å². The zero-order valence-corrected chi connectivity index (χ0v) is 14.0. The standard InChI is InChI=1S/C18H30N2O/c1-13-8-14(2)18(15(3)9-13)17(19)11-20(4)10-16-6-5-7-21-12-16/h8-9,16-17H,5-7,10-12,19H2,1-4H3. The first-order valence-electron chi connectivity index (χ1n) is 8.07. The average molecular weight is 290 g/mol. The second kappa shape index (κ2) is 7.39. The van der Waals surface area contributed by atoms with E-state index >= 15 is 0 Å². The van der Waals surface area contributed by atoms with Crippen LogP contribution in [0.5, 0.6) is 0 Å². The molecule has 118 valence electrons. The molecule has 21 heavy (non-hydrogen) atoms. The number of nitrogens with zero attached hydrogens (tertiary/aromatic N) is 1. The van der Waals surface area contributed by atoms with Gasteiger partial charge in [-0.25, -0.2) is 0 Å². The molecule has 0 radical (unpaired) electrons. The molecule has 2 rings (SSSR count). The van der Waals surface area contributed by atoms with E-state index in [1.807, 2.05) is 0 Å². The lowest BCUT2D eigenvalue weighted by atomic mass is 9.94. The highest BCUT2D eigenvalue weighted by Gasteiger charge is 2.19. The van der Waals surface area contributed by atoms with Gasteiger partial charge in [0.1, 0.15) is 0 Å². The molecule has 0 saturated carbocycles. The van der Waals surface area contributed by atoms with E-state index in [1.165, 1.54) is 35.1 Å². The monoisotopic (exact) mass is 290 g/mol. The van der Waals surface area contributed by atoms with Gasteiger partial charge in [-0.2, -0.15) is 0 Å². The fourth-order valence-corrected chi connectivity index (χ4v) is 3.67. The van der Waals surface area contributed by atoms with Gasteiger partial charge in [-0.15, -0.1) is 0 Å². The van der Waals surface area contributed by atoms with Crippen molar-refractivity contribution in [2.45, 2.75) is 39.7 Å². The van der Waals surface area contributed by atoms with Crippen molar-refractivity contribution in [3.05, 3.63) is 34.4 Å². The number of aryl methyl sites for hydroxylation is 3. The predicted octanol–water partition coefficient (Wildman–Crippen LogP) is 2.97. The molecular formula is C18H30N2O. The van der Waals surface area contributed by atoms with Gasteiger partial charge in [-0.05, 0) is 63.3 Å². The summed E-state index contributed by atoms with van der Waals surface area (Å²) in [7, 11) is 2.17. The van der Waals surface area contributed by atoms with Crippen molar-refractivity contribution in [2.75, 3.05) is 33.4 Å². The Labute approximate surface area is 129 Å². The molecule has 1 saturated heterocycles. The maximum atomic E-state index is 6.48. The molecule has 1 aliphatic heterocycles. The van der Waals surface area contributed by atoms with E-state index in [1.54, 1.807) is 0 Å². The predicted molar refractivity (Wildman–Crippen MR) is 88.6 cm³/mol. The van der Waals surface area contributed by atoms with Crippen LogP contribution in [-0.2, 0) is 4.74 Å². The topological polar surface area (TPSA) is 38.5 Å². The Bertz CT molecular complexity index is 443. The van der Waals surface area contributed by atoms with Gasteiger partial charge in [-0.3, -0.25) is 0 Å². The number of nitrogens with two attached hydrogens (primary N) is 1. The van der Waals surface area contributed by atoms with Crippen molar-refractivity contribution in [1.29, 1.82) is 0 Å². The molecule has 1 aromatic rings. The molecule has 3 nitrogen and oxygen atoms in total. The van der Waals surface area contributed by atoms with Crippen LogP contribution in [0.3, 0.4) is 0 Å². The summed E-state index contributed by atoms with van der Waals surface area (Å²) >= 11 is 0. The molecule has 2 atom stereocenters. The second-order valence-corrected chi connectivity index (χ2v) is 6.72. The molecule has 2 N–H and O–H groups in total. The fraction of sp³-hybridized carbons (Fsp3) is 0.667. The number of rotatable bonds is 5. The largest absolute Gasteiger partial charge is 0.381 e. The minimum atomic E-state index is 0.0834. The minimum Gasteiger partial charge on any atom is -0.381 e. The summed E-state index contributed by atoms with van der Waals surface area (Å²) < 4.78 is 5.57. The van der Waals surface area contributed by atoms with E-state index < -0.39 is 0 Å². The Balaban J connectivity index is 1.95. The van der Waals surface area contributed by atoms with Crippen molar-refractivity contribution in [1.82, 2.24) is 4.90 Å². The molecule has 2 unspecified atom stereocenters. The molecule has 3 heteroatoms. The van der Waals surface area contributed by atoms with Crippen LogP contribution < -0.4 is 5.73 Å². The normalized spacial score (nSPS) is 20.8. The Morgan fingerprint density at radius 1 is 1.29 bits per heavy atom. The summed E-state index contributed by atoms with van der Waals surface area (Å²) in [6.45, 7) is 10.3. The van der Waals surface area contributed by atoms with E-state index in [-0.39, 0.29) is 6.04 Å². The summed E-state index contributed by atoms with van der Waals surface area (Å²) in [5.41, 5.74) is 11.7. The minimum absolute atomic E-state index is 0.0834. The smallest absolute Gasteiger partial charge is 0.0506 e. The average Bonchev–Trinajstić information content (AvgIpc) is 2.38. The highest BCUT2D eigenvalue weighted by atomic mass is 16.5. The van der Waals surface area contributed by atoms with Gasteiger partial charge in [0.25, 0.3) is 0 Å². The van der Waals surface area contributed by atoms with Gasteiger partial charge in [0.05, 0.1) is 6.61 Å². The van der Waals surface area contributed by atoms with E-state index in [0.717, 1.165) is 26.3 Å². The van der Waals surface area contributed by atoms with Gasteiger partial charge >= 0.3 is 0 Å². The number of benzene rings is 1.